The number of hydrogen-bond acceptors (Lipinski definition) is 4. The molecule has 0 fully saturated rings. The minimum absolute atomic E-state index is 0.0221. The number of para-hydroxylation sites is 1. The highest BCUT2D eigenvalue weighted by Crippen LogP contribution is 2.30. The molecular weight excluding hydrogens is 471 g/mol. The molecule has 0 atom stereocenters. The lowest BCUT2D eigenvalue weighted by molar-refractivity contribution is -0.274. The van der Waals surface area contributed by atoms with Gasteiger partial charge in [-0.15, -0.1) is 13.2 Å². The molecule has 0 aliphatic heterocycles. The van der Waals surface area contributed by atoms with Crippen molar-refractivity contribution >= 4 is 26.9 Å². The fraction of sp³-hybridized carbons (Fsp3) is 0.125. The molecule has 0 spiro atoms. The van der Waals surface area contributed by atoms with Gasteiger partial charge in [-0.3, -0.25) is 4.79 Å². The number of carboxylic acid groups (broad SMARTS) is 1. The van der Waals surface area contributed by atoms with Crippen molar-refractivity contribution in [3.05, 3.63) is 84.6 Å². The van der Waals surface area contributed by atoms with Gasteiger partial charge in [-0.2, -0.15) is 0 Å². The molecule has 0 aliphatic carbocycles. The van der Waals surface area contributed by atoms with Crippen molar-refractivity contribution < 1.29 is 36.2 Å². The van der Waals surface area contributed by atoms with Crippen molar-refractivity contribution in [3.63, 3.8) is 0 Å². The summed E-state index contributed by atoms with van der Waals surface area (Å²) in [6, 6.07) is 18.0. The number of alkyl halides is 3. The van der Waals surface area contributed by atoms with E-state index in [1.807, 2.05) is 0 Å². The zero-order valence-electron chi connectivity index (χ0n) is 17.5. The van der Waals surface area contributed by atoms with Crippen LogP contribution in [0.3, 0.4) is 0 Å². The van der Waals surface area contributed by atoms with Crippen LogP contribution >= 0.6 is 0 Å². The summed E-state index contributed by atoms with van der Waals surface area (Å²) in [7, 11) is -4.05. The average Bonchev–Trinajstić information content (AvgIpc) is 3.17. The van der Waals surface area contributed by atoms with E-state index >= 15 is 0 Å². The van der Waals surface area contributed by atoms with Crippen molar-refractivity contribution in [1.82, 2.24) is 3.97 Å². The Kier molecular flexibility index (Phi) is 6.09. The number of benzene rings is 3. The van der Waals surface area contributed by atoms with Crippen molar-refractivity contribution in [1.29, 1.82) is 0 Å². The smallest absolute Gasteiger partial charge is 0.481 e. The Morgan fingerprint density at radius 1 is 0.941 bits per heavy atom. The maximum Gasteiger partial charge on any atom is 0.573 e. The Morgan fingerprint density at radius 3 is 2.32 bits per heavy atom. The summed E-state index contributed by atoms with van der Waals surface area (Å²) in [6.45, 7) is 0. The number of carboxylic acids is 1. The molecule has 1 N–H and O–H groups in total. The normalized spacial score (nSPS) is 12.1. The Balaban J connectivity index is 1.71. The van der Waals surface area contributed by atoms with Gasteiger partial charge in [0.05, 0.1) is 10.4 Å². The van der Waals surface area contributed by atoms with E-state index in [0.717, 1.165) is 16.1 Å². The fourth-order valence-corrected chi connectivity index (χ4v) is 5.09. The monoisotopic (exact) mass is 489 g/mol. The SMILES string of the molecule is O=C(O)CCc1cn(S(=O)(=O)c2cccc(-c3ccc(OC(F)(F)F)cc3)c2)c2ccccc12. The molecule has 0 unspecified atom stereocenters. The molecule has 6 nitrogen and oxygen atoms in total. The molecule has 0 saturated heterocycles. The molecule has 0 bridgehead atoms. The number of aryl methyl sites for hydroxylation is 1. The van der Waals surface area contributed by atoms with E-state index in [9.17, 15) is 26.4 Å². The lowest BCUT2D eigenvalue weighted by Crippen LogP contribution is -2.16. The van der Waals surface area contributed by atoms with Crippen LogP contribution in [0.1, 0.15) is 12.0 Å². The summed E-state index contributed by atoms with van der Waals surface area (Å²) >= 11 is 0. The molecule has 0 radical (unpaired) electrons. The van der Waals surface area contributed by atoms with Gasteiger partial charge in [-0.1, -0.05) is 42.5 Å². The highest BCUT2D eigenvalue weighted by atomic mass is 32.2. The predicted octanol–water partition coefficient (Wildman–Crippen LogP) is 5.46. The number of aromatic nitrogens is 1. The van der Waals surface area contributed by atoms with Crippen LogP contribution in [0, 0.1) is 0 Å². The zero-order chi connectivity index (χ0) is 24.5. The highest BCUT2D eigenvalue weighted by molar-refractivity contribution is 7.90. The number of rotatable bonds is 7. The Morgan fingerprint density at radius 2 is 1.65 bits per heavy atom. The largest absolute Gasteiger partial charge is 0.573 e. The minimum atomic E-state index is -4.81. The summed E-state index contributed by atoms with van der Waals surface area (Å²) < 4.78 is 69.2. The molecule has 1 aromatic heterocycles. The Bertz CT molecular complexity index is 1460. The fourth-order valence-electron chi connectivity index (χ4n) is 3.66. The number of nitrogens with zero attached hydrogens (tertiary/aromatic N) is 1. The molecular formula is C24H18F3NO5S. The second kappa shape index (κ2) is 8.86. The van der Waals surface area contributed by atoms with Gasteiger partial charge in [0.2, 0.25) is 0 Å². The lowest BCUT2D eigenvalue weighted by Gasteiger charge is -2.11. The van der Waals surface area contributed by atoms with Crippen LogP contribution in [0.15, 0.2) is 83.9 Å². The van der Waals surface area contributed by atoms with Crippen LogP contribution in [0.2, 0.25) is 0 Å². The van der Waals surface area contributed by atoms with Gasteiger partial charge < -0.3 is 9.84 Å². The first kappa shape index (κ1) is 23.4. The lowest BCUT2D eigenvalue weighted by atomic mass is 10.1. The van der Waals surface area contributed by atoms with E-state index in [4.69, 9.17) is 5.11 Å². The van der Waals surface area contributed by atoms with Crippen molar-refractivity contribution in [3.8, 4) is 16.9 Å². The standard InChI is InChI=1S/C24H18F3NO5S/c25-24(26,27)33-19-11-8-16(9-12-19)17-4-3-5-20(14-17)34(31,32)28-15-18(10-13-23(29)30)21-6-1-2-7-22(21)28/h1-9,11-12,14-15H,10,13H2,(H,29,30). The van der Waals surface area contributed by atoms with E-state index in [1.165, 1.54) is 30.5 Å². The van der Waals surface area contributed by atoms with Crippen molar-refractivity contribution in [2.45, 2.75) is 24.1 Å². The average molecular weight is 489 g/mol. The third kappa shape index (κ3) is 4.91. The van der Waals surface area contributed by atoms with Crippen LogP contribution in [0.25, 0.3) is 22.0 Å². The van der Waals surface area contributed by atoms with Crippen LogP contribution in [0.5, 0.6) is 5.75 Å². The summed E-state index contributed by atoms with van der Waals surface area (Å²) in [6.07, 6.45) is -3.35. The first-order valence-corrected chi connectivity index (χ1v) is 11.5. The summed E-state index contributed by atoms with van der Waals surface area (Å²) in [5.41, 5.74) is 2.01. The van der Waals surface area contributed by atoms with E-state index in [0.29, 0.717) is 27.6 Å². The first-order chi connectivity index (χ1) is 16.0. The number of halogens is 3. The number of carbonyl (C=O) groups is 1. The van der Waals surface area contributed by atoms with E-state index < -0.39 is 22.4 Å². The van der Waals surface area contributed by atoms with Gasteiger partial charge in [0.1, 0.15) is 5.75 Å². The molecule has 4 aromatic rings. The molecule has 0 aliphatic rings. The summed E-state index contributed by atoms with van der Waals surface area (Å²) in [5, 5.41) is 9.66. The Hall–Kier alpha value is -3.79. The zero-order valence-corrected chi connectivity index (χ0v) is 18.3. The quantitative estimate of drug-likeness (QED) is 0.373. The topological polar surface area (TPSA) is 85.6 Å². The summed E-state index contributed by atoms with van der Waals surface area (Å²) in [4.78, 5) is 11.0. The van der Waals surface area contributed by atoms with Gasteiger partial charge in [0, 0.05) is 18.0 Å². The molecule has 4 rings (SSSR count). The van der Waals surface area contributed by atoms with Gasteiger partial charge in [-0.25, -0.2) is 12.4 Å². The number of ether oxygens (including phenoxy) is 1. The second-order valence-corrected chi connectivity index (χ2v) is 9.28. The third-order valence-electron chi connectivity index (χ3n) is 5.18. The molecule has 0 amide bonds. The first-order valence-electron chi connectivity index (χ1n) is 10.1. The van der Waals surface area contributed by atoms with Crippen LogP contribution < -0.4 is 4.74 Å². The van der Waals surface area contributed by atoms with E-state index in [1.54, 1.807) is 36.4 Å². The minimum Gasteiger partial charge on any atom is -0.481 e. The van der Waals surface area contributed by atoms with E-state index in [2.05, 4.69) is 4.74 Å². The molecule has 1 heterocycles. The molecule has 10 heteroatoms. The second-order valence-electron chi connectivity index (χ2n) is 7.47. The number of fused-ring (bicyclic) bond motifs is 1. The van der Waals surface area contributed by atoms with Gasteiger partial charge in [0.25, 0.3) is 10.0 Å². The van der Waals surface area contributed by atoms with Crippen molar-refractivity contribution in [2.75, 3.05) is 0 Å². The van der Waals surface area contributed by atoms with Gasteiger partial charge in [-0.05, 0) is 53.4 Å². The number of aliphatic carboxylic acids is 1. The molecule has 34 heavy (non-hydrogen) atoms. The third-order valence-corrected chi connectivity index (χ3v) is 6.85. The van der Waals surface area contributed by atoms with Gasteiger partial charge in [0.15, 0.2) is 0 Å². The van der Waals surface area contributed by atoms with Crippen LogP contribution in [-0.2, 0) is 21.2 Å². The highest BCUT2D eigenvalue weighted by Gasteiger charge is 2.31. The van der Waals surface area contributed by atoms with Crippen LogP contribution in [-0.4, -0.2) is 29.8 Å². The van der Waals surface area contributed by atoms with Crippen LogP contribution in [0.4, 0.5) is 13.2 Å². The predicted molar refractivity (Wildman–Crippen MR) is 119 cm³/mol. The van der Waals surface area contributed by atoms with E-state index in [-0.39, 0.29) is 23.5 Å². The summed E-state index contributed by atoms with van der Waals surface area (Å²) in [5.74, 6) is -1.37. The maximum atomic E-state index is 13.5. The van der Waals surface area contributed by atoms with Gasteiger partial charge >= 0.3 is 12.3 Å². The molecule has 0 saturated carbocycles. The molecule has 3 aromatic carbocycles. The molecule has 176 valence electrons. The number of hydrogen-bond donors (Lipinski definition) is 1. The van der Waals surface area contributed by atoms with Crippen molar-refractivity contribution in [2.24, 2.45) is 0 Å². The Labute approximate surface area is 192 Å². The maximum absolute atomic E-state index is 13.5.